The predicted molar refractivity (Wildman–Crippen MR) is 113 cm³/mol. The Morgan fingerprint density at radius 2 is 1.41 bits per heavy atom. The summed E-state index contributed by atoms with van der Waals surface area (Å²) in [5, 5.41) is 25.6. The van der Waals surface area contributed by atoms with Crippen molar-refractivity contribution in [1.29, 1.82) is 0 Å². The first-order chi connectivity index (χ1) is 13.8. The molecular formula is C20H22BrClN2O5. The van der Waals surface area contributed by atoms with Gasteiger partial charge in [-0.15, -0.1) is 0 Å². The van der Waals surface area contributed by atoms with Gasteiger partial charge in [0.1, 0.15) is 5.75 Å². The fraction of sp³-hybridized carbons (Fsp3) is 0.300. The molecule has 3 N–H and O–H groups in total. The van der Waals surface area contributed by atoms with E-state index in [0.717, 1.165) is 54.3 Å². The van der Waals surface area contributed by atoms with E-state index in [1.165, 1.54) is 5.56 Å². The first-order valence-corrected chi connectivity index (χ1v) is 10.0. The van der Waals surface area contributed by atoms with Crippen LogP contribution < -0.4 is 0 Å². The van der Waals surface area contributed by atoms with Gasteiger partial charge in [0.15, 0.2) is 0 Å². The number of aromatic hydroxyl groups is 1. The van der Waals surface area contributed by atoms with Crippen molar-refractivity contribution < 1.29 is 24.9 Å². The van der Waals surface area contributed by atoms with Crippen LogP contribution in [0.5, 0.6) is 5.75 Å². The molecule has 1 fully saturated rings. The van der Waals surface area contributed by atoms with Crippen molar-refractivity contribution in [2.45, 2.75) is 13.1 Å². The lowest BCUT2D eigenvalue weighted by Crippen LogP contribution is -2.45. The summed E-state index contributed by atoms with van der Waals surface area (Å²) in [5.41, 5.74) is 2.16. The van der Waals surface area contributed by atoms with Gasteiger partial charge in [0.25, 0.3) is 0 Å². The molecule has 0 atom stereocenters. The third kappa shape index (κ3) is 7.66. The number of aliphatic carboxylic acids is 2. The molecule has 1 saturated heterocycles. The Bertz CT molecular complexity index is 845. The van der Waals surface area contributed by atoms with Crippen LogP contribution in [-0.4, -0.2) is 63.2 Å². The molecule has 2 aromatic carbocycles. The number of carbonyl (C=O) groups is 2. The van der Waals surface area contributed by atoms with Crippen molar-refractivity contribution >= 4 is 39.5 Å². The molecule has 0 aliphatic carbocycles. The first kappa shape index (κ1) is 23.2. The van der Waals surface area contributed by atoms with E-state index in [0.29, 0.717) is 5.75 Å². The second-order valence-corrected chi connectivity index (χ2v) is 7.85. The summed E-state index contributed by atoms with van der Waals surface area (Å²) in [4.78, 5) is 23.0. The molecule has 3 rings (SSSR count). The minimum absolute atomic E-state index is 0.367. The topological polar surface area (TPSA) is 101 Å². The molecule has 1 aliphatic heterocycles. The fourth-order valence-electron chi connectivity index (χ4n) is 2.89. The largest absolute Gasteiger partial charge is 0.508 e. The molecule has 0 unspecified atom stereocenters. The average Bonchev–Trinajstić information content (AvgIpc) is 2.68. The van der Waals surface area contributed by atoms with Crippen molar-refractivity contribution in [2.75, 3.05) is 26.2 Å². The summed E-state index contributed by atoms with van der Waals surface area (Å²) in [6.45, 7) is 5.70. The van der Waals surface area contributed by atoms with Crippen LogP contribution in [0.4, 0.5) is 0 Å². The van der Waals surface area contributed by atoms with Gasteiger partial charge >= 0.3 is 11.9 Å². The smallest absolute Gasteiger partial charge is 0.414 e. The summed E-state index contributed by atoms with van der Waals surface area (Å²) in [5.74, 6) is -3.28. The molecule has 29 heavy (non-hydrogen) atoms. The zero-order valence-corrected chi connectivity index (χ0v) is 17.9. The average molecular weight is 486 g/mol. The van der Waals surface area contributed by atoms with Crippen LogP contribution in [0.15, 0.2) is 46.9 Å². The molecule has 156 valence electrons. The third-order valence-electron chi connectivity index (χ3n) is 4.44. The van der Waals surface area contributed by atoms with Crippen LogP contribution in [0.2, 0.25) is 5.02 Å². The summed E-state index contributed by atoms with van der Waals surface area (Å²) >= 11 is 9.71. The molecule has 1 aliphatic rings. The minimum Gasteiger partial charge on any atom is -0.508 e. The number of benzene rings is 2. The van der Waals surface area contributed by atoms with Gasteiger partial charge in [-0.05, 0) is 29.8 Å². The highest BCUT2D eigenvalue weighted by Gasteiger charge is 2.18. The van der Waals surface area contributed by atoms with E-state index in [1.54, 1.807) is 6.07 Å². The molecule has 9 heteroatoms. The van der Waals surface area contributed by atoms with E-state index in [-0.39, 0.29) is 0 Å². The Morgan fingerprint density at radius 1 is 0.897 bits per heavy atom. The lowest BCUT2D eigenvalue weighted by atomic mass is 10.1. The van der Waals surface area contributed by atoms with Crippen molar-refractivity contribution in [3.8, 4) is 5.75 Å². The van der Waals surface area contributed by atoms with E-state index in [2.05, 4.69) is 31.8 Å². The van der Waals surface area contributed by atoms with Gasteiger partial charge in [0, 0.05) is 54.3 Å². The summed E-state index contributed by atoms with van der Waals surface area (Å²) in [6, 6.07) is 13.6. The van der Waals surface area contributed by atoms with Crippen molar-refractivity contribution in [1.82, 2.24) is 9.80 Å². The zero-order chi connectivity index (χ0) is 21.4. The van der Waals surface area contributed by atoms with Gasteiger partial charge in [-0.2, -0.15) is 0 Å². The van der Waals surface area contributed by atoms with E-state index >= 15 is 0 Å². The summed E-state index contributed by atoms with van der Waals surface area (Å²) in [6.07, 6.45) is 0. The number of hydrogen-bond donors (Lipinski definition) is 3. The SMILES string of the molecule is O=C(O)C(=O)O.Oc1ccc(Br)cc1CN1CCN(Cc2ccccc2Cl)CC1. The quantitative estimate of drug-likeness (QED) is 0.571. The first-order valence-electron chi connectivity index (χ1n) is 8.88. The Hall–Kier alpha value is -2.13. The van der Waals surface area contributed by atoms with Crippen LogP contribution in [0.1, 0.15) is 11.1 Å². The molecule has 0 aromatic heterocycles. The number of carboxylic acids is 2. The third-order valence-corrected chi connectivity index (χ3v) is 5.30. The van der Waals surface area contributed by atoms with Crippen molar-refractivity contribution in [3.63, 3.8) is 0 Å². The molecule has 2 aromatic rings. The molecule has 0 bridgehead atoms. The maximum atomic E-state index is 9.97. The molecule has 7 nitrogen and oxygen atoms in total. The van der Waals surface area contributed by atoms with Crippen molar-refractivity contribution in [2.24, 2.45) is 0 Å². The minimum atomic E-state index is -1.82. The number of hydrogen-bond acceptors (Lipinski definition) is 5. The molecule has 1 heterocycles. The maximum absolute atomic E-state index is 9.97. The monoisotopic (exact) mass is 484 g/mol. The molecule has 0 spiro atoms. The predicted octanol–water partition coefficient (Wildman–Crippen LogP) is 3.28. The van der Waals surface area contributed by atoms with E-state index in [9.17, 15) is 5.11 Å². The van der Waals surface area contributed by atoms with Crippen LogP contribution in [-0.2, 0) is 22.7 Å². The van der Waals surface area contributed by atoms with Crippen LogP contribution in [0, 0.1) is 0 Å². The van der Waals surface area contributed by atoms with E-state index < -0.39 is 11.9 Å². The molecule has 0 saturated carbocycles. The Labute approximate surface area is 182 Å². The standard InChI is InChI=1S/C18H20BrClN2O.C2H2O4/c19-16-5-6-18(23)15(11-16)13-22-9-7-21(8-10-22)12-14-3-1-2-4-17(14)20;3-1(4)2(5)6/h1-6,11,23H,7-10,12-13H2;(H,3,4)(H,5,6). The molecule has 0 amide bonds. The number of nitrogens with zero attached hydrogens (tertiary/aromatic N) is 2. The summed E-state index contributed by atoms with van der Waals surface area (Å²) < 4.78 is 1.00. The lowest BCUT2D eigenvalue weighted by Gasteiger charge is -2.35. The fourth-order valence-corrected chi connectivity index (χ4v) is 3.50. The van der Waals surface area contributed by atoms with Crippen molar-refractivity contribution in [3.05, 3.63) is 63.1 Å². The Kier molecular flexibility index (Phi) is 8.91. The summed E-state index contributed by atoms with van der Waals surface area (Å²) in [7, 11) is 0. The highest BCUT2D eigenvalue weighted by atomic mass is 79.9. The van der Waals surface area contributed by atoms with E-state index in [1.807, 2.05) is 30.3 Å². The van der Waals surface area contributed by atoms with Crippen LogP contribution in [0.25, 0.3) is 0 Å². The Balaban J connectivity index is 0.000000438. The number of rotatable bonds is 4. The highest BCUT2D eigenvalue weighted by molar-refractivity contribution is 9.10. The van der Waals surface area contributed by atoms with Gasteiger partial charge < -0.3 is 15.3 Å². The number of piperazine rings is 1. The van der Waals surface area contributed by atoms with Gasteiger partial charge in [0.2, 0.25) is 0 Å². The van der Waals surface area contributed by atoms with Gasteiger partial charge in [-0.25, -0.2) is 9.59 Å². The molecular weight excluding hydrogens is 464 g/mol. The van der Waals surface area contributed by atoms with Crippen LogP contribution >= 0.6 is 27.5 Å². The number of carboxylic acid groups (broad SMARTS) is 2. The zero-order valence-electron chi connectivity index (χ0n) is 15.6. The highest BCUT2D eigenvalue weighted by Crippen LogP contribution is 2.24. The lowest BCUT2D eigenvalue weighted by molar-refractivity contribution is -0.159. The number of halogens is 2. The molecule has 0 radical (unpaired) electrons. The number of phenols is 1. The normalized spacial score (nSPS) is 14.7. The van der Waals surface area contributed by atoms with Crippen LogP contribution in [0.3, 0.4) is 0 Å². The Morgan fingerprint density at radius 3 is 1.93 bits per heavy atom. The number of phenolic OH excluding ortho intramolecular Hbond substituents is 1. The van der Waals surface area contributed by atoms with Gasteiger partial charge in [-0.1, -0.05) is 45.7 Å². The van der Waals surface area contributed by atoms with E-state index in [4.69, 9.17) is 31.4 Å². The maximum Gasteiger partial charge on any atom is 0.414 e. The van der Waals surface area contributed by atoms with Gasteiger partial charge in [-0.3, -0.25) is 9.80 Å². The second kappa shape index (κ2) is 11.2. The second-order valence-electron chi connectivity index (χ2n) is 6.53. The van der Waals surface area contributed by atoms with Gasteiger partial charge in [0.05, 0.1) is 0 Å².